The first kappa shape index (κ1) is 23.9. The van der Waals surface area contributed by atoms with Gasteiger partial charge in [-0.1, -0.05) is 24.3 Å². The monoisotopic (exact) mass is 474 g/mol. The lowest BCUT2D eigenvalue weighted by molar-refractivity contribution is -0.137. The molecule has 10 heteroatoms. The average molecular weight is 474 g/mol. The maximum Gasteiger partial charge on any atom is 0.416 e. The first-order valence-corrected chi connectivity index (χ1v) is 11.0. The normalized spacial score (nSPS) is 15.9. The van der Waals surface area contributed by atoms with Crippen LogP contribution in [0.2, 0.25) is 0 Å². The van der Waals surface area contributed by atoms with E-state index in [1.165, 1.54) is 16.7 Å². The summed E-state index contributed by atoms with van der Waals surface area (Å²) in [4.78, 5) is 32.1. The molecule has 1 fully saturated rings. The number of carbonyl (C=O) groups excluding carboxylic acids is 1. The van der Waals surface area contributed by atoms with Gasteiger partial charge in [-0.2, -0.15) is 13.2 Å². The van der Waals surface area contributed by atoms with Gasteiger partial charge in [0.1, 0.15) is 12.4 Å². The molecule has 0 aliphatic carbocycles. The number of ether oxygens (including phenoxy) is 1. The van der Waals surface area contributed by atoms with Gasteiger partial charge in [0.05, 0.1) is 35.7 Å². The third-order valence-corrected chi connectivity index (χ3v) is 5.96. The summed E-state index contributed by atoms with van der Waals surface area (Å²) >= 11 is 0. The number of alkyl halides is 3. The number of halogens is 3. The number of hydrogen-bond donors (Lipinski definition) is 1. The third-order valence-electron chi connectivity index (χ3n) is 5.96. The zero-order valence-electron chi connectivity index (χ0n) is 18.6. The highest BCUT2D eigenvalue weighted by Gasteiger charge is 2.31. The van der Waals surface area contributed by atoms with Gasteiger partial charge in [0, 0.05) is 19.6 Å². The molecule has 0 radical (unpaired) electrons. The van der Waals surface area contributed by atoms with Crippen molar-refractivity contribution in [2.75, 3.05) is 32.8 Å². The molecule has 1 saturated heterocycles. The molecule has 0 saturated carbocycles. The molecule has 1 atom stereocenters. The van der Waals surface area contributed by atoms with Gasteiger partial charge in [0.2, 0.25) is 5.91 Å². The number of carbonyl (C=O) groups is 1. The molecule has 1 aliphatic heterocycles. The summed E-state index contributed by atoms with van der Waals surface area (Å²) in [7, 11) is 0. The summed E-state index contributed by atoms with van der Waals surface area (Å²) in [5.41, 5.74) is 0.206. The minimum atomic E-state index is -4.42. The molecule has 1 aromatic heterocycles. The smallest absolute Gasteiger partial charge is 0.379 e. The lowest BCUT2D eigenvalue weighted by atomic mass is 10.0. The minimum Gasteiger partial charge on any atom is -0.379 e. The van der Waals surface area contributed by atoms with Crippen molar-refractivity contribution in [1.29, 1.82) is 0 Å². The largest absolute Gasteiger partial charge is 0.416 e. The second kappa shape index (κ2) is 9.94. The van der Waals surface area contributed by atoms with Gasteiger partial charge in [-0.15, -0.1) is 0 Å². The number of para-hydroxylation sites is 1. The molecule has 1 unspecified atom stereocenters. The van der Waals surface area contributed by atoms with Gasteiger partial charge in [0.15, 0.2) is 0 Å². The van der Waals surface area contributed by atoms with Crippen LogP contribution in [0.4, 0.5) is 13.2 Å². The van der Waals surface area contributed by atoms with E-state index in [0.29, 0.717) is 48.6 Å². The number of aryl methyl sites for hydroxylation is 1. The van der Waals surface area contributed by atoms with E-state index in [0.717, 1.165) is 12.1 Å². The molecule has 4 rings (SSSR count). The topological polar surface area (TPSA) is 76.5 Å². The van der Waals surface area contributed by atoms with E-state index in [2.05, 4.69) is 15.2 Å². The zero-order chi connectivity index (χ0) is 24.3. The molecule has 1 amide bonds. The van der Waals surface area contributed by atoms with Gasteiger partial charge < -0.3 is 10.1 Å². The van der Waals surface area contributed by atoms with E-state index in [1.54, 1.807) is 31.2 Å². The summed E-state index contributed by atoms with van der Waals surface area (Å²) in [6.07, 6.45) is -4.42. The quantitative estimate of drug-likeness (QED) is 0.595. The fourth-order valence-corrected chi connectivity index (χ4v) is 4.12. The summed E-state index contributed by atoms with van der Waals surface area (Å²) in [6, 6.07) is 11.6. The van der Waals surface area contributed by atoms with Crippen molar-refractivity contribution in [3.8, 4) is 0 Å². The molecular weight excluding hydrogens is 449 g/mol. The van der Waals surface area contributed by atoms with Crippen LogP contribution in [0.1, 0.15) is 23.0 Å². The fourth-order valence-electron chi connectivity index (χ4n) is 4.12. The van der Waals surface area contributed by atoms with Crippen molar-refractivity contribution in [1.82, 2.24) is 19.8 Å². The highest BCUT2D eigenvalue weighted by atomic mass is 19.4. The molecule has 2 aromatic carbocycles. The molecule has 7 nitrogen and oxygen atoms in total. The number of benzene rings is 2. The predicted molar refractivity (Wildman–Crippen MR) is 120 cm³/mol. The summed E-state index contributed by atoms with van der Waals surface area (Å²) in [6.45, 7) is 3.83. The molecule has 2 heterocycles. The van der Waals surface area contributed by atoms with E-state index < -0.39 is 11.7 Å². The molecule has 1 N–H and O–H groups in total. The molecule has 34 heavy (non-hydrogen) atoms. The zero-order valence-corrected chi connectivity index (χ0v) is 18.6. The predicted octanol–water partition coefficient (Wildman–Crippen LogP) is 2.91. The number of nitrogens with zero attached hydrogens (tertiary/aromatic N) is 3. The van der Waals surface area contributed by atoms with Crippen LogP contribution in [0.5, 0.6) is 0 Å². The number of fused-ring (bicyclic) bond motifs is 1. The van der Waals surface area contributed by atoms with E-state index >= 15 is 0 Å². The lowest BCUT2D eigenvalue weighted by Gasteiger charge is -2.35. The third kappa shape index (κ3) is 5.28. The van der Waals surface area contributed by atoms with Crippen molar-refractivity contribution in [2.45, 2.75) is 25.7 Å². The number of hydrogen-bond acceptors (Lipinski definition) is 5. The number of aromatic nitrogens is 2. The Balaban J connectivity index is 1.51. The summed E-state index contributed by atoms with van der Waals surface area (Å²) in [5.74, 6) is 0.0405. The van der Waals surface area contributed by atoms with Gasteiger partial charge >= 0.3 is 6.18 Å². The van der Waals surface area contributed by atoms with E-state index in [-0.39, 0.29) is 30.6 Å². The van der Waals surface area contributed by atoms with E-state index in [4.69, 9.17) is 4.74 Å². The van der Waals surface area contributed by atoms with Crippen LogP contribution < -0.4 is 10.9 Å². The van der Waals surface area contributed by atoms with Crippen LogP contribution in [0.3, 0.4) is 0 Å². The summed E-state index contributed by atoms with van der Waals surface area (Å²) < 4.78 is 45.7. The first-order chi connectivity index (χ1) is 16.2. The molecule has 1 aliphatic rings. The molecule has 0 spiro atoms. The fraction of sp³-hybridized carbons (Fsp3) is 0.375. The highest BCUT2D eigenvalue weighted by Crippen LogP contribution is 2.31. The Morgan fingerprint density at radius 2 is 1.79 bits per heavy atom. The van der Waals surface area contributed by atoms with Gasteiger partial charge in [-0.05, 0) is 36.8 Å². The molecule has 180 valence electrons. The van der Waals surface area contributed by atoms with Crippen LogP contribution in [-0.4, -0.2) is 53.2 Å². The number of amides is 1. The van der Waals surface area contributed by atoms with Crippen molar-refractivity contribution >= 4 is 16.8 Å². The second-order valence-corrected chi connectivity index (χ2v) is 8.16. The minimum absolute atomic E-state index is 0.180. The van der Waals surface area contributed by atoms with Crippen molar-refractivity contribution in [2.24, 2.45) is 0 Å². The van der Waals surface area contributed by atoms with Crippen LogP contribution in [0, 0.1) is 6.92 Å². The number of nitrogens with one attached hydrogen (secondary N) is 1. The van der Waals surface area contributed by atoms with E-state index in [9.17, 15) is 22.8 Å². The number of morpholine rings is 1. The van der Waals surface area contributed by atoms with Crippen LogP contribution >= 0.6 is 0 Å². The van der Waals surface area contributed by atoms with Crippen molar-refractivity contribution < 1.29 is 22.7 Å². The van der Waals surface area contributed by atoms with Gasteiger partial charge in [-0.3, -0.25) is 19.1 Å². The second-order valence-electron chi connectivity index (χ2n) is 8.16. The van der Waals surface area contributed by atoms with Crippen LogP contribution in [0.25, 0.3) is 10.9 Å². The Morgan fingerprint density at radius 1 is 1.12 bits per heavy atom. The van der Waals surface area contributed by atoms with Crippen LogP contribution in [0.15, 0.2) is 53.3 Å². The maximum atomic E-state index is 13.0. The van der Waals surface area contributed by atoms with Crippen molar-refractivity contribution in [3.63, 3.8) is 0 Å². The van der Waals surface area contributed by atoms with E-state index in [1.807, 2.05) is 0 Å². The Bertz CT molecular complexity index is 1220. The Labute approximate surface area is 194 Å². The lowest BCUT2D eigenvalue weighted by Crippen LogP contribution is -2.44. The number of rotatable bonds is 6. The molecule has 0 bridgehead atoms. The first-order valence-electron chi connectivity index (χ1n) is 11.0. The standard InChI is InChI=1S/C24H25F3N4O3/c1-16-29-20-5-3-2-4-19(20)23(33)31(16)15-22(32)28-14-21(30-10-12-34-13-11-30)17-6-8-18(9-7-17)24(25,26)27/h2-9,21H,10-15H2,1H3,(H,28,32). The Hall–Kier alpha value is -3.24. The molecular formula is C24H25F3N4O3. The van der Waals surface area contributed by atoms with Gasteiger partial charge in [-0.25, -0.2) is 4.98 Å². The van der Waals surface area contributed by atoms with Crippen molar-refractivity contribution in [3.05, 3.63) is 75.8 Å². The Morgan fingerprint density at radius 3 is 2.47 bits per heavy atom. The van der Waals surface area contributed by atoms with Crippen LogP contribution in [-0.2, 0) is 22.3 Å². The average Bonchev–Trinajstić information content (AvgIpc) is 2.82. The molecule has 3 aromatic rings. The highest BCUT2D eigenvalue weighted by molar-refractivity contribution is 5.79. The van der Waals surface area contributed by atoms with Gasteiger partial charge in [0.25, 0.3) is 5.56 Å². The summed E-state index contributed by atoms with van der Waals surface area (Å²) in [5, 5.41) is 3.27. The maximum absolute atomic E-state index is 13.0. The Kier molecular flexibility index (Phi) is 6.99. The SMILES string of the molecule is Cc1nc2ccccc2c(=O)n1CC(=O)NCC(c1ccc(C(F)(F)F)cc1)N1CCOCC1.